The highest BCUT2D eigenvalue weighted by atomic mass is 32.2. The molecule has 0 radical (unpaired) electrons. The van der Waals surface area contributed by atoms with E-state index in [4.69, 9.17) is 10.8 Å². The number of sulfone groups is 1. The zero-order chi connectivity index (χ0) is 15.2. The van der Waals surface area contributed by atoms with E-state index in [9.17, 15) is 18.0 Å². The minimum atomic E-state index is -3.19. The lowest BCUT2D eigenvalue weighted by Crippen LogP contribution is -2.49. The summed E-state index contributed by atoms with van der Waals surface area (Å²) in [5.74, 6) is -1.87. The number of nitrogens with two attached hydrogens (primary N) is 1. The highest BCUT2D eigenvalue weighted by Gasteiger charge is 2.24. The molecule has 0 bridgehead atoms. The van der Waals surface area contributed by atoms with Gasteiger partial charge in [0, 0.05) is 6.26 Å². The first kappa shape index (κ1) is 17.8. The summed E-state index contributed by atoms with van der Waals surface area (Å²) in [6.07, 6.45) is 1.31. The van der Waals surface area contributed by atoms with Crippen molar-refractivity contribution in [1.29, 1.82) is 0 Å². The normalized spacial score (nSPS) is 15.0. The predicted octanol–water partition coefficient (Wildman–Crippen LogP) is -0.636. The second-order valence-electron chi connectivity index (χ2n) is 5.05. The summed E-state index contributed by atoms with van der Waals surface area (Å²) in [5.41, 5.74) is 5.53. The van der Waals surface area contributed by atoms with Crippen LogP contribution in [0.15, 0.2) is 0 Å². The second-order valence-corrected chi connectivity index (χ2v) is 7.31. The first-order valence-electron chi connectivity index (χ1n) is 5.99. The number of carboxylic acids is 1. The molecule has 0 aliphatic heterocycles. The van der Waals surface area contributed by atoms with Gasteiger partial charge in [0.2, 0.25) is 5.91 Å². The molecule has 0 aromatic rings. The molecule has 0 spiro atoms. The number of nitrogens with one attached hydrogen (secondary N) is 1. The minimum absolute atomic E-state index is 0.0291. The quantitative estimate of drug-likeness (QED) is 0.547. The van der Waals surface area contributed by atoms with Gasteiger partial charge in [0.25, 0.3) is 0 Å². The van der Waals surface area contributed by atoms with E-state index in [0.717, 1.165) is 6.26 Å². The number of amides is 1. The predicted molar refractivity (Wildman–Crippen MR) is 71.3 cm³/mol. The van der Waals surface area contributed by atoms with Gasteiger partial charge in [-0.1, -0.05) is 13.8 Å². The van der Waals surface area contributed by atoms with E-state index >= 15 is 0 Å². The van der Waals surface area contributed by atoms with Gasteiger partial charge >= 0.3 is 5.97 Å². The third-order valence-electron chi connectivity index (χ3n) is 2.46. The van der Waals surface area contributed by atoms with Crippen LogP contribution in [0.3, 0.4) is 0 Å². The van der Waals surface area contributed by atoms with Crippen LogP contribution >= 0.6 is 0 Å². The van der Waals surface area contributed by atoms with E-state index in [0.29, 0.717) is 6.42 Å². The van der Waals surface area contributed by atoms with Gasteiger partial charge in [-0.3, -0.25) is 4.79 Å². The van der Waals surface area contributed by atoms with Gasteiger partial charge in [0.05, 0.1) is 11.8 Å². The first-order valence-corrected chi connectivity index (χ1v) is 8.05. The fraction of sp³-hybridized carbons (Fsp3) is 0.818. The molecule has 112 valence electrons. The van der Waals surface area contributed by atoms with Crippen LogP contribution in [0.25, 0.3) is 0 Å². The van der Waals surface area contributed by atoms with Crippen molar-refractivity contribution in [2.75, 3.05) is 12.0 Å². The van der Waals surface area contributed by atoms with Crippen LogP contribution in [0.2, 0.25) is 0 Å². The van der Waals surface area contributed by atoms with Crippen molar-refractivity contribution in [2.24, 2.45) is 11.7 Å². The van der Waals surface area contributed by atoms with Gasteiger partial charge in [0.1, 0.15) is 15.9 Å². The van der Waals surface area contributed by atoms with Gasteiger partial charge in [0.15, 0.2) is 0 Å². The summed E-state index contributed by atoms with van der Waals surface area (Å²) in [6, 6.07) is -2.03. The monoisotopic (exact) mass is 294 g/mol. The molecule has 1 unspecified atom stereocenters. The van der Waals surface area contributed by atoms with Gasteiger partial charge in [-0.25, -0.2) is 13.2 Å². The van der Waals surface area contributed by atoms with Crippen molar-refractivity contribution < 1.29 is 23.1 Å². The largest absolute Gasteiger partial charge is 0.480 e. The zero-order valence-electron chi connectivity index (χ0n) is 11.4. The Hall–Kier alpha value is -1.15. The van der Waals surface area contributed by atoms with Crippen LogP contribution in [0.4, 0.5) is 0 Å². The van der Waals surface area contributed by atoms with Crippen molar-refractivity contribution in [2.45, 2.75) is 38.8 Å². The number of hydrogen-bond donors (Lipinski definition) is 3. The average Bonchev–Trinajstić information content (AvgIpc) is 2.22. The maximum atomic E-state index is 11.7. The number of hydrogen-bond acceptors (Lipinski definition) is 5. The Kier molecular flexibility index (Phi) is 6.99. The maximum absolute atomic E-state index is 11.7. The SMILES string of the molecule is CC(C)C[C@@H](NC(=O)C(N)CCS(C)(=O)=O)C(=O)O. The van der Waals surface area contributed by atoms with Crippen LogP contribution in [-0.2, 0) is 19.4 Å². The summed E-state index contributed by atoms with van der Waals surface area (Å²) < 4.78 is 21.9. The summed E-state index contributed by atoms with van der Waals surface area (Å²) in [6.45, 7) is 3.68. The molecule has 2 atom stereocenters. The topological polar surface area (TPSA) is 127 Å². The molecule has 4 N–H and O–H groups in total. The molecule has 0 fully saturated rings. The molecular weight excluding hydrogens is 272 g/mol. The highest BCUT2D eigenvalue weighted by molar-refractivity contribution is 7.90. The summed E-state index contributed by atoms with van der Waals surface area (Å²) in [7, 11) is -3.19. The molecule has 0 aromatic heterocycles. The molecular formula is C11H22N2O5S. The van der Waals surface area contributed by atoms with E-state index in [-0.39, 0.29) is 18.1 Å². The Labute approximate surface area is 113 Å². The summed E-state index contributed by atoms with van der Waals surface area (Å²) >= 11 is 0. The highest BCUT2D eigenvalue weighted by Crippen LogP contribution is 2.05. The molecule has 0 heterocycles. The first-order chi connectivity index (χ1) is 8.53. The second kappa shape index (κ2) is 7.44. The summed E-state index contributed by atoms with van der Waals surface area (Å²) in [4.78, 5) is 22.6. The third-order valence-corrected chi connectivity index (χ3v) is 3.44. The fourth-order valence-corrected chi connectivity index (χ4v) is 2.13. The number of carbonyl (C=O) groups excluding carboxylic acids is 1. The number of aliphatic carboxylic acids is 1. The van der Waals surface area contributed by atoms with Crippen molar-refractivity contribution >= 4 is 21.7 Å². The molecule has 0 saturated heterocycles. The van der Waals surface area contributed by atoms with Crippen LogP contribution in [0, 0.1) is 5.92 Å². The van der Waals surface area contributed by atoms with Crippen LogP contribution in [-0.4, -0.2) is 49.5 Å². The van der Waals surface area contributed by atoms with E-state index in [1.54, 1.807) is 0 Å². The van der Waals surface area contributed by atoms with E-state index < -0.39 is 33.8 Å². The lowest BCUT2D eigenvalue weighted by atomic mass is 10.0. The smallest absolute Gasteiger partial charge is 0.326 e. The van der Waals surface area contributed by atoms with Crippen LogP contribution in [0.1, 0.15) is 26.7 Å². The Balaban J connectivity index is 4.43. The van der Waals surface area contributed by atoms with Crippen molar-refractivity contribution in [3.8, 4) is 0 Å². The van der Waals surface area contributed by atoms with Crippen LogP contribution < -0.4 is 11.1 Å². The maximum Gasteiger partial charge on any atom is 0.326 e. The molecule has 19 heavy (non-hydrogen) atoms. The molecule has 0 aliphatic carbocycles. The standard InChI is InChI=1S/C11H22N2O5S/c1-7(2)6-9(11(15)16)13-10(14)8(12)4-5-19(3,17)18/h7-9H,4-6,12H2,1-3H3,(H,13,14)(H,15,16)/t8?,9-/m1/s1. The molecule has 0 rings (SSSR count). The van der Waals surface area contributed by atoms with Crippen molar-refractivity contribution in [3.05, 3.63) is 0 Å². The summed E-state index contributed by atoms with van der Waals surface area (Å²) in [5, 5.41) is 11.3. The minimum Gasteiger partial charge on any atom is -0.480 e. The Morgan fingerprint density at radius 2 is 1.84 bits per heavy atom. The van der Waals surface area contributed by atoms with E-state index in [1.807, 2.05) is 13.8 Å². The molecule has 0 saturated carbocycles. The van der Waals surface area contributed by atoms with Gasteiger partial charge in [-0.05, 0) is 18.8 Å². The van der Waals surface area contributed by atoms with Crippen molar-refractivity contribution in [1.82, 2.24) is 5.32 Å². The number of carboxylic acid groups (broad SMARTS) is 1. The Bertz CT molecular complexity index is 419. The molecule has 0 aliphatic rings. The van der Waals surface area contributed by atoms with E-state index in [1.165, 1.54) is 0 Å². The van der Waals surface area contributed by atoms with Gasteiger partial charge in [-0.15, -0.1) is 0 Å². The number of rotatable bonds is 8. The number of carbonyl (C=O) groups is 2. The molecule has 8 heteroatoms. The Morgan fingerprint density at radius 3 is 2.21 bits per heavy atom. The lowest BCUT2D eigenvalue weighted by molar-refractivity contribution is -0.142. The van der Waals surface area contributed by atoms with Crippen molar-refractivity contribution in [3.63, 3.8) is 0 Å². The van der Waals surface area contributed by atoms with Gasteiger partial charge < -0.3 is 16.2 Å². The van der Waals surface area contributed by atoms with E-state index in [2.05, 4.69) is 5.32 Å². The zero-order valence-corrected chi connectivity index (χ0v) is 12.2. The fourth-order valence-electron chi connectivity index (χ4n) is 1.44. The lowest BCUT2D eigenvalue weighted by Gasteiger charge is -2.19. The average molecular weight is 294 g/mol. The van der Waals surface area contributed by atoms with Gasteiger partial charge in [-0.2, -0.15) is 0 Å². The van der Waals surface area contributed by atoms with Crippen LogP contribution in [0.5, 0.6) is 0 Å². The molecule has 0 aromatic carbocycles. The molecule has 1 amide bonds. The Morgan fingerprint density at radius 1 is 1.32 bits per heavy atom. The molecule has 7 nitrogen and oxygen atoms in total. The third kappa shape index (κ3) is 8.55.